The average Bonchev–Trinajstić information content (AvgIpc) is 2.92. The van der Waals surface area contributed by atoms with Crippen LogP contribution in [0.2, 0.25) is 0 Å². The zero-order chi connectivity index (χ0) is 24.9. The van der Waals surface area contributed by atoms with E-state index in [9.17, 15) is 4.79 Å². The van der Waals surface area contributed by atoms with E-state index in [0.29, 0.717) is 37.3 Å². The lowest BCUT2D eigenvalue weighted by atomic mass is 10.0. The Bertz CT molecular complexity index is 1360. The molecule has 3 aromatic carbocycles. The van der Waals surface area contributed by atoms with Gasteiger partial charge in [0, 0.05) is 25.2 Å². The number of morpholine rings is 1. The van der Waals surface area contributed by atoms with Gasteiger partial charge >= 0.3 is 5.97 Å². The maximum atomic E-state index is 11.1. The summed E-state index contributed by atoms with van der Waals surface area (Å²) in [6, 6.07) is 21.1. The SMILES string of the molecule is NC(Cc1ccc(-c2nc(NCc3ccc4ccccc4c3)nc(C3CNCCO3)n2)cc1)C(=O)O. The van der Waals surface area contributed by atoms with Crippen LogP contribution < -0.4 is 16.4 Å². The Morgan fingerprint density at radius 2 is 1.83 bits per heavy atom. The summed E-state index contributed by atoms with van der Waals surface area (Å²) in [5.74, 6) is 0.521. The van der Waals surface area contributed by atoms with Crippen LogP contribution in [0.5, 0.6) is 0 Å². The quantitative estimate of drug-likeness (QED) is 0.298. The van der Waals surface area contributed by atoms with Gasteiger partial charge in [0.2, 0.25) is 5.95 Å². The monoisotopic (exact) mass is 484 g/mol. The van der Waals surface area contributed by atoms with Gasteiger partial charge in [-0.05, 0) is 34.4 Å². The lowest BCUT2D eigenvalue weighted by Crippen LogP contribution is -2.34. The van der Waals surface area contributed by atoms with Gasteiger partial charge in [0.1, 0.15) is 12.1 Å². The molecule has 5 rings (SSSR count). The number of ether oxygens (including phenoxy) is 1. The van der Waals surface area contributed by atoms with Crippen LogP contribution >= 0.6 is 0 Å². The molecule has 0 bridgehead atoms. The van der Waals surface area contributed by atoms with E-state index in [0.717, 1.165) is 23.2 Å². The number of aromatic nitrogens is 3. The summed E-state index contributed by atoms with van der Waals surface area (Å²) in [5, 5.41) is 18.1. The number of rotatable bonds is 8. The van der Waals surface area contributed by atoms with Crippen molar-refractivity contribution in [3.8, 4) is 11.4 Å². The molecule has 4 aromatic rings. The van der Waals surface area contributed by atoms with E-state index in [1.54, 1.807) is 0 Å². The third-order valence-electron chi connectivity index (χ3n) is 6.12. The Hall–Kier alpha value is -3.92. The van der Waals surface area contributed by atoms with Gasteiger partial charge in [0.15, 0.2) is 11.6 Å². The number of fused-ring (bicyclic) bond motifs is 1. The van der Waals surface area contributed by atoms with Crippen molar-refractivity contribution in [3.05, 3.63) is 83.7 Å². The highest BCUT2D eigenvalue weighted by molar-refractivity contribution is 5.83. The van der Waals surface area contributed by atoms with E-state index in [1.165, 1.54) is 10.8 Å². The number of carbonyl (C=O) groups is 1. The van der Waals surface area contributed by atoms with Crippen molar-refractivity contribution in [3.63, 3.8) is 0 Å². The highest BCUT2D eigenvalue weighted by Crippen LogP contribution is 2.23. The predicted molar refractivity (Wildman–Crippen MR) is 137 cm³/mol. The Labute approximate surface area is 208 Å². The predicted octanol–water partition coefficient (Wildman–Crippen LogP) is 2.92. The number of benzene rings is 3. The first-order chi connectivity index (χ1) is 17.5. The van der Waals surface area contributed by atoms with E-state index in [1.807, 2.05) is 36.4 Å². The van der Waals surface area contributed by atoms with Gasteiger partial charge in [-0.2, -0.15) is 9.97 Å². The van der Waals surface area contributed by atoms with Gasteiger partial charge in [-0.3, -0.25) is 4.79 Å². The number of carboxylic acid groups (broad SMARTS) is 1. The lowest BCUT2D eigenvalue weighted by molar-refractivity contribution is -0.138. The van der Waals surface area contributed by atoms with Crippen LogP contribution in [0.15, 0.2) is 66.7 Å². The molecule has 0 aliphatic carbocycles. The molecule has 0 amide bonds. The largest absolute Gasteiger partial charge is 0.480 e. The van der Waals surface area contributed by atoms with Crippen LogP contribution in [-0.4, -0.2) is 51.8 Å². The number of nitrogens with one attached hydrogen (secondary N) is 2. The molecule has 9 heteroatoms. The van der Waals surface area contributed by atoms with Crippen molar-refractivity contribution in [2.24, 2.45) is 5.73 Å². The highest BCUT2D eigenvalue weighted by Gasteiger charge is 2.21. The molecule has 1 fully saturated rings. The minimum atomic E-state index is -1.02. The second kappa shape index (κ2) is 10.8. The van der Waals surface area contributed by atoms with E-state index in [2.05, 4.69) is 50.9 Å². The van der Waals surface area contributed by atoms with Crippen molar-refractivity contribution in [1.82, 2.24) is 20.3 Å². The number of nitrogens with zero attached hydrogens (tertiary/aromatic N) is 3. The first-order valence-corrected chi connectivity index (χ1v) is 11.9. The first kappa shape index (κ1) is 23.8. The molecule has 1 aromatic heterocycles. The van der Waals surface area contributed by atoms with Crippen LogP contribution in [0, 0.1) is 0 Å². The minimum absolute atomic E-state index is 0.248. The number of nitrogens with two attached hydrogens (primary N) is 1. The van der Waals surface area contributed by atoms with E-state index < -0.39 is 12.0 Å². The Balaban J connectivity index is 1.40. The normalized spacial score (nSPS) is 16.5. The molecule has 1 aliphatic heterocycles. The standard InChI is InChI=1S/C27H28N6O3/c28-22(26(34)35)14-17-5-9-20(10-6-17)24-31-25(23-16-29-11-12-36-23)33-27(32-24)30-15-18-7-8-19-3-1-2-4-21(19)13-18/h1-10,13,22-23,29H,11-12,14-16,28H2,(H,34,35)(H,30,31,32,33). The first-order valence-electron chi connectivity index (χ1n) is 11.9. The van der Waals surface area contributed by atoms with Gasteiger partial charge < -0.3 is 26.2 Å². The van der Waals surface area contributed by atoms with Crippen LogP contribution in [0.4, 0.5) is 5.95 Å². The molecule has 2 unspecified atom stereocenters. The molecule has 0 radical (unpaired) electrons. The summed E-state index contributed by atoms with van der Waals surface area (Å²) in [5.41, 5.74) is 8.41. The summed E-state index contributed by atoms with van der Waals surface area (Å²) in [7, 11) is 0. The maximum absolute atomic E-state index is 11.1. The zero-order valence-electron chi connectivity index (χ0n) is 19.7. The fourth-order valence-electron chi connectivity index (χ4n) is 4.14. The van der Waals surface area contributed by atoms with Gasteiger partial charge in [0.25, 0.3) is 0 Å². The van der Waals surface area contributed by atoms with Crippen molar-refractivity contribution < 1.29 is 14.6 Å². The van der Waals surface area contributed by atoms with Gasteiger partial charge in [-0.15, -0.1) is 0 Å². The smallest absolute Gasteiger partial charge is 0.320 e. The minimum Gasteiger partial charge on any atom is -0.480 e. The van der Waals surface area contributed by atoms with Gasteiger partial charge in [0.05, 0.1) is 6.61 Å². The third kappa shape index (κ3) is 5.65. The second-order valence-electron chi connectivity index (χ2n) is 8.79. The van der Waals surface area contributed by atoms with E-state index in [-0.39, 0.29) is 12.5 Å². The number of hydrogen-bond donors (Lipinski definition) is 4. The molecule has 184 valence electrons. The molecule has 1 saturated heterocycles. The summed E-state index contributed by atoms with van der Waals surface area (Å²) < 4.78 is 5.89. The van der Waals surface area contributed by atoms with Crippen molar-refractivity contribution in [2.75, 3.05) is 25.0 Å². The average molecular weight is 485 g/mol. The topological polar surface area (TPSA) is 135 Å². The summed E-state index contributed by atoms with van der Waals surface area (Å²) >= 11 is 0. The van der Waals surface area contributed by atoms with Crippen LogP contribution in [0.25, 0.3) is 22.2 Å². The highest BCUT2D eigenvalue weighted by atomic mass is 16.5. The molecule has 5 N–H and O–H groups in total. The van der Waals surface area contributed by atoms with Crippen molar-refractivity contribution >= 4 is 22.7 Å². The second-order valence-corrected chi connectivity index (χ2v) is 8.79. The zero-order valence-corrected chi connectivity index (χ0v) is 19.7. The van der Waals surface area contributed by atoms with E-state index in [4.69, 9.17) is 20.6 Å². The number of anilines is 1. The number of carboxylic acids is 1. The van der Waals surface area contributed by atoms with Gasteiger partial charge in [-0.1, -0.05) is 60.7 Å². The molecule has 36 heavy (non-hydrogen) atoms. The van der Waals surface area contributed by atoms with E-state index >= 15 is 0 Å². The summed E-state index contributed by atoms with van der Waals surface area (Å²) in [6.07, 6.45) is -0.0207. The molecule has 2 heterocycles. The van der Waals surface area contributed by atoms with Crippen LogP contribution in [0.1, 0.15) is 23.1 Å². The van der Waals surface area contributed by atoms with Gasteiger partial charge in [-0.25, -0.2) is 4.98 Å². The lowest BCUT2D eigenvalue weighted by Gasteiger charge is -2.23. The fraction of sp³-hybridized carbons (Fsp3) is 0.259. The Morgan fingerprint density at radius 1 is 1.06 bits per heavy atom. The molecule has 0 spiro atoms. The summed E-state index contributed by atoms with van der Waals surface area (Å²) in [6.45, 7) is 2.56. The molecular weight excluding hydrogens is 456 g/mol. The van der Waals surface area contributed by atoms with Crippen molar-refractivity contribution in [2.45, 2.75) is 25.1 Å². The van der Waals surface area contributed by atoms with Crippen LogP contribution in [-0.2, 0) is 22.5 Å². The maximum Gasteiger partial charge on any atom is 0.320 e. The molecule has 9 nitrogen and oxygen atoms in total. The summed E-state index contributed by atoms with van der Waals surface area (Å²) in [4.78, 5) is 25.1. The molecule has 0 saturated carbocycles. The Kier molecular flexibility index (Phi) is 7.13. The molecular formula is C27H28N6O3. The van der Waals surface area contributed by atoms with Crippen LogP contribution in [0.3, 0.4) is 0 Å². The fourth-order valence-corrected chi connectivity index (χ4v) is 4.14. The molecule has 1 aliphatic rings. The number of hydrogen-bond acceptors (Lipinski definition) is 8. The van der Waals surface area contributed by atoms with Crippen molar-refractivity contribution in [1.29, 1.82) is 0 Å². The number of aliphatic carboxylic acids is 1. The third-order valence-corrected chi connectivity index (χ3v) is 6.12. The Morgan fingerprint density at radius 3 is 2.58 bits per heavy atom. The molecule has 2 atom stereocenters.